The Bertz CT molecular complexity index is 1100. The Morgan fingerprint density at radius 1 is 1.24 bits per heavy atom. The van der Waals surface area contributed by atoms with Crippen molar-refractivity contribution in [3.05, 3.63) is 41.9 Å². The second kappa shape index (κ2) is 9.36. The molecule has 4 rings (SSSR count). The molecule has 3 heterocycles. The van der Waals surface area contributed by atoms with Crippen LogP contribution in [0.2, 0.25) is 0 Å². The van der Waals surface area contributed by atoms with Gasteiger partial charge in [-0.3, -0.25) is 0 Å². The molecular formula is C24H32N6O3. The third-order valence-corrected chi connectivity index (χ3v) is 5.85. The highest BCUT2D eigenvalue weighted by atomic mass is 16.5. The molecule has 0 aliphatic carbocycles. The van der Waals surface area contributed by atoms with Gasteiger partial charge in [-0.15, -0.1) is 0 Å². The minimum Gasteiger partial charge on any atom is -0.496 e. The average molecular weight is 453 g/mol. The van der Waals surface area contributed by atoms with Crippen molar-refractivity contribution in [1.29, 1.82) is 0 Å². The van der Waals surface area contributed by atoms with Crippen LogP contribution in [0.4, 0.5) is 17.5 Å². The van der Waals surface area contributed by atoms with Gasteiger partial charge in [0.15, 0.2) is 0 Å². The Morgan fingerprint density at radius 2 is 2.00 bits per heavy atom. The largest absolute Gasteiger partial charge is 0.496 e. The summed E-state index contributed by atoms with van der Waals surface area (Å²) in [6.07, 6.45) is 3.05. The molecule has 0 saturated carbocycles. The van der Waals surface area contributed by atoms with Crippen molar-refractivity contribution in [2.75, 3.05) is 30.4 Å². The maximum Gasteiger partial charge on any atom is 0.229 e. The number of nitrogens with zero attached hydrogens (tertiary/aromatic N) is 4. The van der Waals surface area contributed by atoms with Crippen molar-refractivity contribution < 1.29 is 14.9 Å². The van der Waals surface area contributed by atoms with E-state index in [0.717, 1.165) is 34.3 Å². The molecule has 1 aliphatic heterocycles. The highest BCUT2D eigenvalue weighted by Crippen LogP contribution is 2.32. The smallest absolute Gasteiger partial charge is 0.229 e. The first-order chi connectivity index (χ1) is 15.7. The van der Waals surface area contributed by atoms with Crippen molar-refractivity contribution >= 4 is 17.5 Å². The maximum atomic E-state index is 10.3. The van der Waals surface area contributed by atoms with Crippen LogP contribution in [0.5, 0.6) is 5.75 Å². The van der Waals surface area contributed by atoms with Crippen molar-refractivity contribution in [2.24, 2.45) is 0 Å². The number of hydrogen-bond donors (Lipinski definition) is 4. The lowest BCUT2D eigenvalue weighted by atomic mass is 9.94. The van der Waals surface area contributed by atoms with Crippen LogP contribution in [-0.2, 0) is 6.42 Å². The van der Waals surface area contributed by atoms with Crippen molar-refractivity contribution in [3.8, 4) is 17.1 Å². The lowest BCUT2D eigenvalue weighted by Crippen LogP contribution is -2.42. The standard InChI is InChI=1S/C24H32N6O3/c1-15-14-25-22(26-15)19-6-5-17(12-20(19)33-4)27-23-28-18(11-16(2)31)13-21(29-23)30-9-7-24(3,32)8-10-30/h5-6,12-14,16,31-32H,7-11H2,1-4H3,(H,25,26)(H,27,28,29). The van der Waals surface area contributed by atoms with Crippen LogP contribution in [0.3, 0.4) is 0 Å². The first-order valence-electron chi connectivity index (χ1n) is 11.2. The van der Waals surface area contributed by atoms with Crippen LogP contribution in [0.1, 0.15) is 38.1 Å². The van der Waals surface area contributed by atoms with E-state index in [2.05, 4.69) is 25.2 Å². The minimum atomic E-state index is -0.641. The summed E-state index contributed by atoms with van der Waals surface area (Å²) in [4.78, 5) is 19.1. The highest BCUT2D eigenvalue weighted by molar-refractivity contribution is 5.70. The Kier molecular flexibility index (Phi) is 6.53. The number of aryl methyl sites for hydroxylation is 1. The third-order valence-electron chi connectivity index (χ3n) is 5.85. The Hall–Kier alpha value is -3.17. The maximum absolute atomic E-state index is 10.3. The number of rotatable bonds is 7. The zero-order valence-corrected chi connectivity index (χ0v) is 19.6. The number of methoxy groups -OCH3 is 1. The van der Waals surface area contributed by atoms with Crippen LogP contribution in [0, 0.1) is 6.92 Å². The first-order valence-corrected chi connectivity index (χ1v) is 11.2. The predicted molar refractivity (Wildman–Crippen MR) is 128 cm³/mol. The van der Waals surface area contributed by atoms with Crippen LogP contribution >= 0.6 is 0 Å². The fourth-order valence-electron chi connectivity index (χ4n) is 3.97. The van der Waals surface area contributed by atoms with Crippen molar-refractivity contribution in [2.45, 2.75) is 51.7 Å². The molecule has 1 fully saturated rings. The van der Waals surface area contributed by atoms with Crippen molar-refractivity contribution in [1.82, 2.24) is 19.9 Å². The number of piperidine rings is 1. The van der Waals surface area contributed by atoms with E-state index in [1.165, 1.54) is 0 Å². The SMILES string of the molecule is COc1cc(Nc2nc(CC(C)O)cc(N3CCC(C)(O)CC3)n2)ccc1-c1ncc(C)[nH]1. The van der Waals surface area contributed by atoms with Gasteiger partial charge in [-0.25, -0.2) is 9.97 Å². The van der Waals surface area contributed by atoms with Gasteiger partial charge in [0, 0.05) is 49.2 Å². The highest BCUT2D eigenvalue weighted by Gasteiger charge is 2.28. The summed E-state index contributed by atoms with van der Waals surface area (Å²) >= 11 is 0. The van der Waals surface area contributed by atoms with Gasteiger partial charge in [-0.1, -0.05) is 0 Å². The molecule has 1 atom stereocenters. The molecule has 4 N–H and O–H groups in total. The van der Waals surface area contributed by atoms with Gasteiger partial charge < -0.3 is 30.2 Å². The van der Waals surface area contributed by atoms with Crippen LogP contribution < -0.4 is 15.0 Å². The van der Waals surface area contributed by atoms with Gasteiger partial charge in [0.2, 0.25) is 5.95 Å². The van der Waals surface area contributed by atoms with E-state index >= 15 is 0 Å². The summed E-state index contributed by atoms with van der Waals surface area (Å²) in [6.45, 7) is 6.99. The van der Waals surface area contributed by atoms with E-state index in [1.54, 1.807) is 20.2 Å². The lowest BCUT2D eigenvalue weighted by Gasteiger charge is -2.36. The van der Waals surface area contributed by atoms with Gasteiger partial charge in [-0.2, -0.15) is 4.98 Å². The molecule has 9 nitrogen and oxygen atoms in total. The quantitative estimate of drug-likeness (QED) is 0.431. The molecular weight excluding hydrogens is 420 g/mol. The monoisotopic (exact) mass is 452 g/mol. The normalized spacial score (nSPS) is 16.5. The summed E-state index contributed by atoms with van der Waals surface area (Å²) in [5, 5.41) is 23.5. The van der Waals surface area contributed by atoms with Crippen molar-refractivity contribution in [3.63, 3.8) is 0 Å². The van der Waals surface area contributed by atoms with E-state index in [1.807, 2.05) is 38.1 Å². The Morgan fingerprint density at radius 3 is 2.64 bits per heavy atom. The Balaban J connectivity index is 1.61. The van der Waals surface area contributed by atoms with E-state index in [-0.39, 0.29) is 0 Å². The van der Waals surface area contributed by atoms with Gasteiger partial charge in [0.1, 0.15) is 17.4 Å². The fourth-order valence-corrected chi connectivity index (χ4v) is 3.97. The zero-order chi connectivity index (χ0) is 23.6. The molecule has 0 bridgehead atoms. The molecule has 1 unspecified atom stereocenters. The predicted octanol–water partition coefficient (Wildman–Crippen LogP) is 3.20. The summed E-state index contributed by atoms with van der Waals surface area (Å²) in [7, 11) is 1.63. The number of aromatic amines is 1. The lowest BCUT2D eigenvalue weighted by molar-refractivity contribution is 0.0350. The summed E-state index contributed by atoms with van der Waals surface area (Å²) in [5.41, 5.74) is 2.73. The van der Waals surface area contributed by atoms with Gasteiger partial charge in [0.25, 0.3) is 0 Å². The van der Waals surface area contributed by atoms with E-state index in [9.17, 15) is 10.2 Å². The first kappa shape index (κ1) is 23.0. The second-order valence-corrected chi connectivity index (χ2v) is 9.03. The molecule has 0 spiro atoms. The number of nitrogens with one attached hydrogen (secondary N) is 2. The number of aliphatic hydroxyl groups is 2. The van der Waals surface area contributed by atoms with Crippen LogP contribution in [0.25, 0.3) is 11.4 Å². The van der Waals surface area contributed by atoms with Gasteiger partial charge >= 0.3 is 0 Å². The van der Waals surface area contributed by atoms with E-state index in [0.29, 0.717) is 44.0 Å². The molecule has 2 aromatic heterocycles. The second-order valence-electron chi connectivity index (χ2n) is 9.03. The molecule has 176 valence electrons. The summed E-state index contributed by atoms with van der Waals surface area (Å²) in [6, 6.07) is 7.67. The number of imidazole rings is 1. The number of H-pyrrole nitrogens is 1. The van der Waals surface area contributed by atoms with E-state index in [4.69, 9.17) is 9.72 Å². The topological polar surface area (TPSA) is 119 Å². The fraction of sp³-hybridized carbons (Fsp3) is 0.458. The number of ether oxygens (including phenoxy) is 1. The Labute approximate surface area is 193 Å². The van der Waals surface area contributed by atoms with Crippen LogP contribution in [0.15, 0.2) is 30.5 Å². The van der Waals surface area contributed by atoms with Crippen LogP contribution in [-0.4, -0.2) is 62.1 Å². The molecule has 1 aliphatic rings. The number of hydrogen-bond acceptors (Lipinski definition) is 8. The van der Waals surface area contributed by atoms with Gasteiger partial charge in [-0.05, 0) is 45.7 Å². The zero-order valence-electron chi connectivity index (χ0n) is 19.6. The number of anilines is 3. The third kappa shape index (κ3) is 5.61. The van der Waals surface area contributed by atoms with E-state index < -0.39 is 11.7 Å². The minimum absolute atomic E-state index is 0.426. The summed E-state index contributed by atoms with van der Waals surface area (Å²) < 4.78 is 5.60. The number of aliphatic hydroxyl groups excluding tert-OH is 1. The molecule has 3 aromatic rings. The number of benzene rings is 1. The average Bonchev–Trinajstić information content (AvgIpc) is 3.19. The molecule has 0 radical (unpaired) electrons. The molecule has 9 heteroatoms. The molecule has 1 saturated heterocycles. The number of aromatic nitrogens is 4. The summed E-state index contributed by atoms with van der Waals surface area (Å²) in [5.74, 6) is 2.65. The van der Waals surface area contributed by atoms with Gasteiger partial charge in [0.05, 0.1) is 30.1 Å². The molecule has 1 aromatic carbocycles. The molecule has 0 amide bonds. The molecule has 33 heavy (non-hydrogen) atoms.